The van der Waals surface area contributed by atoms with Crippen molar-refractivity contribution in [3.8, 4) is 5.75 Å². The number of hydrogen-bond donors (Lipinski definition) is 1. The van der Waals surface area contributed by atoms with Crippen LogP contribution in [0.25, 0.3) is 0 Å². The summed E-state index contributed by atoms with van der Waals surface area (Å²) < 4.78 is 16.8. The molecule has 1 aromatic rings. The smallest absolute Gasteiger partial charge is 0.316 e. The first-order valence-corrected chi connectivity index (χ1v) is 7.40. The second kappa shape index (κ2) is 7.54. The van der Waals surface area contributed by atoms with Gasteiger partial charge in [-0.15, -0.1) is 0 Å². The average molecular weight is 294 g/mol. The van der Waals surface area contributed by atoms with Crippen molar-refractivity contribution in [3.63, 3.8) is 0 Å². The van der Waals surface area contributed by atoms with Crippen LogP contribution in [0.2, 0.25) is 0 Å². The summed E-state index contributed by atoms with van der Waals surface area (Å²) in [5, 5.41) is 10.0. The van der Waals surface area contributed by atoms with E-state index in [4.69, 9.17) is 14.2 Å². The van der Waals surface area contributed by atoms with E-state index in [0.29, 0.717) is 12.2 Å². The van der Waals surface area contributed by atoms with E-state index in [9.17, 15) is 9.90 Å². The second-order valence-corrected chi connectivity index (χ2v) is 5.10. The predicted octanol–water partition coefficient (Wildman–Crippen LogP) is 2.72. The van der Waals surface area contributed by atoms with Crippen LogP contribution in [-0.2, 0) is 25.0 Å². The summed E-state index contributed by atoms with van der Waals surface area (Å²) in [6, 6.07) is 6.69. The van der Waals surface area contributed by atoms with Gasteiger partial charge in [-0.25, -0.2) is 0 Å². The first kappa shape index (κ1) is 15.9. The van der Waals surface area contributed by atoms with Crippen LogP contribution in [0.3, 0.4) is 0 Å². The Morgan fingerprint density at radius 3 is 2.57 bits per heavy atom. The summed E-state index contributed by atoms with van der Waals surface area (Å²) in [5.74, 6) is -1.60. The lowest BCUT2D eigenvalue weighted by atomic mass is 10.1. The summed E-state index contributed by atoms with van der Waals surface area (Å²) in [6.45, 7) is 2.43. The SMILES string of the molecule is CCCCCCOC1(c2ccccc2O)OCC(=O)CO1. The van der Waals surface area contributed by atoms with E-state index in [2.05, 4.69) is 6.92 Å². The van der Waals surface area contributed by atoms with Crippen LogP contribution in [0.15, 0.2) is 24.3 Å². The molecule has 0 saturated carbocycles. The van der Waals surface area contributed by atoms with Crippen molar-refractivity contribution >= 4 is 5.78 Å². The average Bonchev–Trinajstić information content (AvgIpc) is 2.50. The normalized spacial score (nSPS) is 17.9. The van der Waals surface area contributed by atoms with Gasteiger partial charge in [-0.1, -0.05) is 38.3 Å². The number of ketones is 1. The molecular weight excluding hydrogens is 272 g/mol. The third-order valence-electron chi connectivity index (χ3n) is 3.37. The van der Waals surface area contributed by atoms with Gasteiger partial charge in [-0.2, -0.15) is 0 Å². The Morgan fingerprint density at radius 1 is 1.19 bits per heavy atom. The van der Waals surface area contributed by atoms with E-state index in [1.54, 1.807) is 24.3 Å². The van der Waals surface area contributed by atoms with Crippen LogP contribution >= 0.6 is 0 Å². The van der Waals surface area contributed by atoms with Gasteiger partial charge in [0.1, 0.15) is 19.0 Å². The van der Waals surface area contributed by atoms with Crippen molar-refractivity contribution in [2.24, 2.45) is 0 Å². The molecule has 5 heteroatoms. The van der Waals surface area contributed by atoms with Crippen molar-refractivity contribution in [2.45, 2.75) is 38.6 Å². The summed E-state index contributed by atoms with van der Waals surface area (Å²) in [5.41, 5.74) is 0.396. The highest BCUT2D eigenvalue weighted by Crippen LogP contribution is 2.36. The summed E-state index contributed by atoms with van der Waals surface area (Å²) in [6.07, 6.45) is 4.23. The second-order valence-electron chi connectivity index (χ2n) is 5.10. The molecule has 1 aromatic carbocycles. The Morgan fingerprint density at radius 2 is 1.90 bits per heavy atom. The standard InChI is InChI=1S/C16H22O5/c1-2-3-4-7-10-19-16(20-11-13(17)12-21-16)14-8-5-6-9-15(14)18/h5-6,8-9,18H,2-4,7,10-12H2,1H3. The molecule has 1 aliphatic rings. The molecule has 0 aromatic heterocycles. The largest absolute Gasteiger partial charge is 0.507 e. The Balaban J connectivity index is 2.08. The molecule has 0 amide bonds. The van der Waals surface area contributed by atoms with E-state index in [1.807, 2.05) is 0 Å². The molecular formula is C16H22O5. The van der Waals surface area contributed by atoms with Gasteiger partial charge >= 0.3 is 5.97 Å². The maximum atomic E-state index is 11.3. The number of carbonyl (C=O) groups excluding carboxylic acids is 1. The maximum absolute atomic E-state index is 11.3. The van der Waals surface area contributed by atoms with Gasteiger partial charge in [0.15, 0.2) is 5.78 Å². The summed E-state index contributed by atoms with van der Waals surface area (Å²) in [7, 11) is 0. The van der Waals surface area contributed by atoms with Gasteiger partial charge in [0.2, 0.25) is 0 Å². The number of rotatable bonds is 7. The lowest BCUT2D eigenvalue weighted by Crippen LogP contribution is -2.44. The zero-order chi connectivity index (χ0) is 15.1. The zero-order valence-corrected chi connectivity index (χ0v) is 12.3. The number of benzene rings is 1. The molecule has 21 heavy (non-hydrogen) atoms. The van der Waals surface area contributed by atoms with Crippen molar-refractivity contribution < 1.29 is 24.1 Å². The van der Waals surface area contributed by atoms with Crippen molar-refractivity contribution in [3.05, 3.63) is 29.8 Å². The van der Waals surface area contributed by atoms with Crippen LogP contribution in [0.5, 0.6) is 5.75 Å². The molecule has 0 aliphatic carbocycles. The van der Waals surface area contributed by atoms with Crippen molar-refractivity contribution in [2.75, 3.05) is 19.8 Å². The van der Waals surface area contributed by atoms with E-state index in [1.165, 1.54) is 0 Å². The molecule has 0 radical (unpaired) electrons. The molecule has 1 fully saturated rings. The number of phenols is 1. The first-order valence-electron chi connectivity index (χ1n) is 7.40. The number of carbonyl (C=O) groups is 1. The molecule has 0 unspecified atom stereocenters. The van der Waals surface area contributed by atoms with E-state index in [-0.39, 0.29) is 24.7 Å². The molecule has 1 N–H and O–H groups in total. The topological polar surface area (TPSA) is 65.0 Å². The molecule has 0 atom stereocenters. The van der Waals surface area contributed by atoms with E-state index < -0.39 is 5.97 Å². The Hall–Kier alpha value is -1.43. The molecule has 1 aliphatic heterocycles. The highest BCUT2D eigenvalue weighted by molar-refractivity contribution is 5.81. The van der Waals surface area contributed by atoms with E-state index >= 15 is 0 Å². The minimum atomic E-state index is -1.48. The van der Waals surface area contributed by atoms with Crippen LogP contribution in [0.1, 0.15) is 38.2 Å². The number of hydrogen-bond acceptors (Lipinski definition) is 5. The highest BCUT2D eigenvalue weighted by atomic mass is 16.9. The number of unbranched alkanes of at least 4 members (excludes halogenated alkanes) is 3. The molecule has 116 valence electrons. The third kappa shape index (κ3) is 4.03. The monoisotopic (exact) mass is 294 g/mol. The van der Waals surface area contributed by atoms with Crippen LogP contribution in [0.4, 0.5) is 0 Å². The number of Topliss-reactive ketones (excluding diaryl/α,β-unsaturated/α-hetero) is 1. The lowest BCUT2D eigenvalue weighted by molar-refractivity contribution is -0.399. The first-order chi connectivity index (χ1) is 10.2. The molecule has 1 heterocycles. The molecule has 1 saturated heterocycles. The Bertz CT molecular complexity index is 461. The third-order valence-corrected chi connectivity index (χ3v) is 3.37. The summed E-state index contributed by atoms with van der Waals surface area (Å²) in [4.78, 5) is 11.3. The molecule has 0 spiro atoms. The van der Waals surface area contributed by atoms with Gasteiger partial charge < -0.3 is 19.3 Å². The van der Waals surface area contributed by atoms with E-state index in [0.717, 1.165) is 25.7 Å². The predicted molar refractivity (Wildman–Crippen MR) is 76.8 cm³/mol. The van der Waals surface area contributed by atoms with Crippen LogP contribution < -0.4 is 0 Å². The lowest BCUT2D eigenvalue weighted by Gasteiger charge is -2.36. The fourth-order valence-corrected chi connectivity index (χ4v) is 2.22. The zero-order valence-electron chi connectivity index (χ0n) is 12.3. The minimum Gasteiger partial charge on any atom is -0.507 e. The Labute approximate surface area is 124 Å². The van der Waals surface area contributed by atoms with Crippen molar-refractivity contribution in [1.82, 2.24) is 0 Å². The number of aromatic hydroxyl groups is 1. The molecule has 5 nitrogen and oxygen atoms in total. The van der Waals surface area contributed by atoms with Gasteiger partial charge in [0, 0.05) is 0 Å². The molecule has 0 bridgehead atoms. The molecule has 2 rings (SSSR count). The van der Waals surface area contributed by atoms with Crippen molar-refractivity contribution in [1.29, 1.82) is 0 Å². The summed E-state index contributed by atoms with van der Waals surface area (Å²) >= 11 is 0. The fraction of sp³-hybridized carbons (Fsp3) is 0.562. The number of ether oxygens (including phenoxy) is 3. The quantitative estimate of drug-likeness (QED) is 0.783. The van der Waals surface area contributed by atoms with Crippen LogP contribution in [-0.4, -0.2) is 30.7 Å². The fourth-order valence-electron chi connectivity index (χ4n) is 2.22. The van der Waals surface area contributed by atoms with Gasteiger partial charge in [0.05, 0.1) is 12.2 Å². The minimum absolute atomic E-state index is 0.0282. The number of phenolic OH excluding ortho intramolecular Hbond substituents is 1. The van der Waals surface area contributed by atoms with Gasteiger partial charge in [0.25, 0.3) is 0 Å². The maximum Gasteiger partial charge on any atom is 0.316 e. The van der Waals surface area contributed by atoms with Crippen LogP contribution in [0, 0.1) is 0 Å². The van der Waals surface area contributed by atoms with Gasteiger partial charge in [-0.3, -0.25) is 4.79 Å². The Kier molecular flexibility index (Phi) is 5.73. The van der Waals surface area contributed by atoms with Gasteiger partial charge in [-0.05, 0) is 18.6 Å². The highest BCUT2D eigenvalue weighted by Gasteiger charge is 2.42. The number of para-hydroxylation sites is 1.